The average molecular weight is 228 g/mol. The van der Waals surface area contributed by atoms with E-state index in [0.29, 0.717) is 4.90 Å². The second kappa shape index (κ2) is 4.33. The predicted molar refractivity (Wildman–Crippen MR) is 59.8 cm³/mol. The molecule has 0 aliphatic heterocycles. The summed E-state index contributed by atoms with van der Waals surface area (Å²) in [6, 6.07) is 5.27. The number of aliphatic hydroxyl groups excluding tert-OH is 1. The zero-order valence-corrected chi connectivity index (χ0v) is 10.0. The van der Waals surface area contributed by atoms with Gasteiger partial charge in [0.25, 0.3) is 0 Å². The second-order valence-corrected chi connectivity index (χ2v) is 5.86. The van der Waals surface area contributed by atoms with Crippen LogP contribution < -0.4 is 0 Å². The fourth-order valence-corrected chi connectivity index (χ4v) is 2.43. The minimum absolute atomic E-state index is 0.0201. The summed E-state index contributed by atoms with van der Waals surface area (Å²) in [6.45, 7) is 3.65. The van der Waals surface area contributed by atoms with Crippen molar-refractivity contribution in [3.8, 4) is 0 Å². The first kappa shape index (κ1) is 12.2. The van der Waals surface area contributed by atoms with Crippen LogP contribution in [0.4, 0.5) is 0 Å². The Morgan fingerprint density at radius 2 is 2.00 bits per heavy atom. The Morgan fingerprint density at radius 1 is 1.40 bits per heavy atom. The molecule has 1 aromatic carbocycles. The molecule has 0 bridgehead atoms. The van der Waals surface area contributed by atoms with E-state index in [1.807, 2.05) is 13.0 Å². The highest BCUT2D eigenvalue weighted by molar-refractivity contribution is 7.90. The molecule has 0 saturated carbocycles. The Bertz CT molecular complexity index is 449. The van der Waals surface area contributed by atoms with Gasteiger partial charge in [-0.05, 0) is 24.1 Å². The monoisotopic (exact) mass is 228 g/mol. The van der Waals surface area contributed by atoms with Crippen LogP contribution in [0.1, 0.15) is 24.0 Å². The summed E-state index contributed by atoms with van der Waals surface area (Å²) in [7, 11) is -3.18. The molecule has 0 aliphatic carbocycles. The van der Waals surface area contributed by atoms with Gasteiger partial charge >= 0.3 is 0 Å². The second-order valence-electron chi connectivity index (χ2n) is 3.88. The standard InChI is InChI=1S/C11H16O3S/c1-8-4-5-10(9(2)7-12)6-11(8)15(3,13)14/h4-6,9,12H,7H2,1-3H3. The van der Waals surface area contributed by atoms with Crippen molar-refractivity contribution in [1.82, 2.24) is 0 Å². The van der Waals surface area contributed by atoms with Crippen LogP contribution in [0.2, 0.25) is 0 Å². The molecule has 4 heteroatoms. The topological polar surface area (TPSA) is 54.4 Å². The first-order chi connectivity index (χ1) is 6.86. The lowest BCUT2D eigenvalue weighted by molar-refractivity contribution is 0.273. The van der Waals surface area contributed by atoms with Crippen molar-refractivity contribution < 1.29 is 13.5 Å². The normalized spacial score (nSPS) is 13.9. The number of hydrogen-bond acceptors (Lipinski definition) is 3. The molecule has 0 aliphatic rings. The Morgan fingerprint density at radius 3 is 2.47 bits per heavy atom. The minimum atomic E-state index is -3.18. The molecule has 1 N–H and O–H groups in total. The van der Waals surface area contributed by atoms with Crippen LogP contribution in [-0.2, 0) is 9.84 Å². The van der Waals surface area contributed by atoms with Crippen LogP contribution in [0.25, 0.3) is 0 Å². The summed E-state index contributed by atoms with van der Waals surface area (Å²) in [6.07, 6.45) is 1.20. The zero-order chi connectivity index (χ0) is 11.6. The number of sulfone groups is 1. The van der Waals surface area contributed by atoms with Gasteiger partial charge in [-0.15, -0.1) is 0 Å². The van der Waals surface area contributed by atoms with Gasteiger partial charge in [-0.3, -0.25) is 0 Å². The molecule has 15 heavy (non-hydrogen) atoms. The van der Waals surface area contributed by atoms with E-state index in [9.17, 15) is 8.42 Å². The number of hydrogen-bond donors (Lipinski definition) is 1. The molecular weight excluding hydrogens is 212 g/mol. The van der Waals surface area contributed by atoms with Crippen molar-refractivity contribution in [3.63, 3.8) is 0 Å². The smallest absolute Gasteiger partial charge is 0.175 e. The van der Waals surface area contributed by atoms with Crippen molar-refractivity contribution in [3.05, 3.63) is 29.3 Å². The third-order valence-electron chi connectivity index (χ3n) is 2.45. The molecule has 1 aromatic rings. The van der Waals surface area contributed by atoms with E-state index >= 15 is 0 Å². The quantitative estimate of drug-likeness (QED) is 0.853. The van der Waals surface area contributed by atoms with Gasteiger partial charge in [0.15, 0.2) is 9.84 Å². The Kier molecular flexibility index (Phi) is 3.52. The molecule has 0 amide bonds. The molecule has 0 spiro atoms. The van der Waals surface area contributed by atoms with Gasteiger partial charge in [-0.25, -0.2) is 8.42 Å². The van der Waals surface area contributed by atoms with Gasteiger partial charge in [-0.2, -0.15) is 0 Å². The van der Waals surface area contributed by atoms with Crippen molar-refractivity contribution in [2.75, 3.05) is 12.9 Å². The van der Waals surface area contributed by atoms with Crippen LogP contribution in [0, 0.1) is 6.92 Å². The van der Waals surface area contributed by atoms with Gasteiger partial charge in [-0.1, -0.05) is 19.1 Å². The molecule has 0 radical (unpaired) electrons. The maximum atomic E-state index is 11.5. The summed E-state index contributed by atoms with van der Waals surface area (Å²) in [4.78, 5) is 0.348. The molecule has 0 aromatic heterocycles. The van der Waals surface area contributed by atoms with E-state index in [1.165, 1.54) is 6.26 Å². The van der Waals surface area contributed by atoms with E-state index in [0.717, 1.165) is 11.1 Å². The number of benzene rings is 1. The third kappa shape index (κ3) is 2.79. The van der Waals surface area contributed by atoms with E-state index in [4.69, 9.17) is 5.11 Å². The minimum Gasteiger partial charge on any atom is -0.396 e. The lowest BCUT2D eigenvalue weighted by Gasteiger charge is -2.11. The fourth-order valence-electron chi connectivity index (χ4n) is 1.43. The number of rotatable bonds is 3. The highest BCUT2D eigenvalue weighted by Gasteiger charge is 2.13. The molecule has 0 saturated heterocycles. The molecule has 84 valence electrons. The summed E-state index contributed by atoms with van der Waals surface area (Å²) < 4.78 is 22.9. The lowest BCUT2D eigenvalue weighted by Crippen LogP contribution is -2.04. The Labute approximate surface area is 90.7 Å². The Balaban J connectivity index is 3.29. The highest BCUT2D eigenvalue weighted by atomic mass is 32.2. The third-order valence-corrected chi connectivity index (χ3v) is 3.69. The lowest BCUT2D eigenvalue weighted by atomic mass is 10.0. The largest absolute Gasteiger partial charge is 0.396 e. The number of aryl methyl sites for hydroxylation is 1. The van der Waals surface area contributed by atoms with Crippen LogP contribution >= 0.6 is 0 Å². The summed E-state index contributed by atoms with van der Waals surface area (Å²) in [5.41, 5.74) is 1.59. The van der Waals surface area contributed by atoms with Crippen LogP contribution in [-0.4, -0.2) is 26.4 Å². The first-order valence-corrected chi connectivity index (χ1v) is 6.67. The fraction of sp³-hybridized carbons (Fsp3) is 0.455. The maximum absolute atomic E-state index is 11.5. The average Bonchev–Trinajstić information content (AvgIpc) is 2.15. The SMILES string of the molecule is Cc1ccc(C(C)CO)cc1S(C)(=O)=O. The highest BCUT2D eigenvalue weighted by Crippen LogP contribution is 2.21. The number of aliphatic hydroxyl groups is 1. The van der Waals surface area contributed by atoms with E-state index < -0.39 is 9.84 Å². The molecule has 1 rings (SSSR count). The van der Waals surface area contributed by atoms with E-state index in [-0.39, 0.29) is 12.5 Å². The molecule has 0 heterocycles. The van der Waals surface area contributed by atoms with Crippen molar-refractivity contribution in [2.24, 2.45) is 0 Å². The summed E-state index contributed by atoms with van der Waals surface area (Å²) >= 11 is 0. The molecule has 3 nitrogen and oxygen atoms in total. The first-order valence-electron chi connectivity index (χ1n) is 4.77. The molecular formula is C11H16O3S. The van der Waals surface area contributed by atoms with Gasteiger partial charge in [0, 0.05) is 18.8 Å². The van der Waals surface area contributed by atoms with Gasteiger partial charge < -0.3 is 5.11 Å². The van der Waals surface area contributed by atoms with Crippen molar-refractivity contribution in [1.29, 1.82) is 0 Å². The van der Waals surface area contributed by atoms with Crippen LogP contribution in [0.3, 0.4) is 0 Å². The predicted octanol–water partition coefficient (Wildman–Crippen LogP) is 1.49. The van der Waals surface area contributed by atoms with Crippen LogP contribution in [0.5, 0.6) is 0 Å². The van der Waals surface area contributed by atoms with Gasteiger partial charge in [0.1, 0.15) is 0 Å². The summed E-state index contributed by atoms with van der Waals surface area (Å²) in [5, 5.41) is 9.00. The van der Waals surface area contributed by atoms with Crippen LogP contribution in [0.15, 0.2) is 23.1 Å². The molecule has 1 unspecified atom stereocenters. The molecule has 0 fully saturated rings. The van der Waals surface area contributed by atoms with Gasteiger partial charge in [0.05, 0.1) is 4.90 Å². The van der Waals surface area contributed by atoms with Crippen molar-refractivity contribution >= 4 is 9.84 Å². The van der Waals surface area contributed by atoms with Gasteiger partial charge in [0.2, 0.25) is 0 Å². The van der Waals surface area contributed by atoms with Crippen molar-refractivity contribution in [2.45, 2.75) is 24.7 Å². The van der Waals surface area contributed by atoms with E-state index in [2.05, 4.69) is 0 Å². The Hall–Kier alpha value is -0.870. The maximum Gasteiger partial charge on any atom is 0.175 e. The zero-order valence-electron chi connectivity index (χ0n) is 9.19. The summed E-state index contributed by atoms with van der Waals surface area (Å²) in [5.74, 6) is -0.0360. The van der Waals surface area contributed by atoms with E-state index in [1.54, 1.807) is 19.1 Å². The molecule has 1 atom stereocenters.